The zero-order valence-corrected chi connectivity index (χ0v) is 18.9. The van der Waals surface area contributed by atoms with Crippen molar-refractivity contribution in [2.75, 3.05) is 43.4 Å². The Morgan fingerprint density at radius 1 is 1.06 bits per heavy atom. The van der Waals surface area contributed by atoms with E-state index in [4.69, 9.17) is 10.2 Å². The molecule has 11 heteroatoms. The topological polar surface area (TPSA) is 127 Å². The lowest BCUT2D eigenvalue weighted by atomic mass is 9.91. The number of anilines is 2. The van der Waals surface area contributed by atoms with Gasteiger partial charge in [0.15, 0.2) is 5.76 Å². The molecule has 0 radical (unpaired) electrons. The number of nitrogens with two attached hydrogens (primary N) is 1. The molecule has 11 nitrogen and oxygen atoms in total. The molecular formula is C23H28N10O. The highest BCUT2D eigenvalue weighted by Crippen LogP contribution is 2.27. The number of piperazine rings is 1. The Morgan fingerprint density at radius 2 is 1.97 bits per heavy atom. The van der Waals surface area contributed by atoms with Gasteiger partial charge in [0.1, 0.15) is 0 Å². The summed E-state index contributed by atoms with van der Waals surface area (Å²) in [6.45, 7) is 5.80. The van der Waals surface area contributed by atoms with Crippen LogP contribution in [0, 0.1) is 5.92 Å². The number of rotatable bonds is 6. The van der Waals surface area contributed by atoms with Crippen molar-refractivity contribution in [2.24, 2.45) is 5.92 Å². The van der Waals surface area contributed by atoms with E-state index in [9.17, 15) is 0 Å². The number of nitrogens with zero attached hydrogens (tertiary/aromatic N) is 8. The van der Waals surface area contributed by atoms with E-state index in [1.807, 2.05) is 18.5 Å². The summed E-state index contributed by atoms with van der Waals surface area (Å²) in [5.41, 5.74) is 7.48. The van der Waals surface area contributed by atoms with E-state index in [0.29, 0.717) is 35.3 Å². The molecule has 6 heterocycles. The Labute approximate surface area is 197 Å². The molecule has 3 N–H and O–H groups in total. The maximum Gasteiger partial charge on any atom is 0.259 e. The van der Waals surface area contributed by atoms with Crippen molar-refractivity contribution in [3.63, 3.8) is 0 Å². The molecule has 0 spiro atoms. The molecule has 2 fully saturated rings. The molecule has 0 saturated carbocycles. The Hall–Kier alpha value is -3.57. The van der Waals surface area contributed by atoms with Crippen LogP contribution in [0.15, 0.2) is 47.3 Å². The van der Waals surface area contributed by atoms with Crippen LogP contribution in [0.25, 0.3) is 17.4 Å². The summed E-state index contributed by atoms with van der Waals surface area (Å²) in [7, 11) is 0. The number of piperidine rings is 1. The maximum atomic E-state index is 6.20. The first-order chi connectivity index (χ1) is 16.7. The van der Waals surface area contributed by atoms with E-state index in [0.717, 1.165) is 39.3 Å². The zero-order chi connectivity index (χ0) is 22.9. The lowest BCUT2D eigenvalue weighted by molar-refractivity contribution is 0.0945. The number of hydrogen-bond donors (Lipinski definition) is 2. The van der Waals surface area contributed by atoms with E-state index < -0.39 is 0 Å². The Balaban J connectivity index is 1.08. The van der Waals surface area contributed by atoms with Crippen LogP contribution in [-0.4, -0.2) is 73.2 Å². The van der Waals surface area contributed by atoms with E-state index in [1.54, 1.807) is 12.3 Å². The smallest absolute Gasteiger partial charge is 0.259 e. The third-order valence-corrected chi connectivity index (χ3v) is 6.76. The molecule has 2 aliphatic heterocycles. The third kappa shape index (κ3) is 4.19. The van der Waals surface area contributed by atoms with E-state index in [-0.39, 0.29) is 5.95 Å². The molecule has 2 aliphatic rings. The monoisotopic (exact) mass is 460 g/mol. The number of pyridine rings is 1. The molecular weight excluding hydrogens is 432 g/mol. The second-order valence-electron chi connectivity index (χ2n) is 9.03. The van der Waals surface area contributed by atoms with Gasteiger partial charge in [0.05, 0.1) is 6.26 Å². The summed E-state index contributed by atoms with van der Waals surface area (Å²) in [4.78, 5) is 22.6. The molecule has 6 rings (SSSR count). The highest BCUT2D eigenvalue weighted by Gasteiger charge is 2.34. The minimum absolute atomic E-state index is 0.275. The largest absolute Gasteiger partial charge is 0.461 e. The Bertz CT molecular complexity index is 1240. The van der Waals surface area contributed by atoms with Gasteiger partial charge in [-0.25, -0.2) is 0 Å². The first kappa shape index (κ1) is 21.0. The fourth-order valence-electron chi connectivity index (χ4n) is 4.97. The third-order valence-electron chi connectivity index (χ3n) is 6.76. The van der Waals surface area contributed by atoms with E-state index in [1.165, 1.54) is 22.9 Å². The number of aromatic nitrogens is 6. The van der Waals surface area contributed by atoms with Gasteiger partial charge in [-0.3, -0.25) is 9.88 Å². The minimum Gasteiger partial charge on any atom is -0.461 e. The molecule has 176 valence electrons. The molecule has 34 heavy (non-hydrogen) atoms. The number of nitrogen functional groups attached to an aromatic ring is 1. The fourth-order valence-corrected chi connectivity index (χ4v) is 4.97. The molecule has 4 aromatic rings. The van der Waals surface area contributed by atoms with Gasteiger partial charge in [0, 0.05) is 51.2 Å². The fraction of sp³-hybridized carbons (Fsp3) is 0.435. The summed E-state index contributed by atoms with van der Waals surface area (Å²) >= 11 is 0. The van der Waals surface area contributed by atoms with E-state index in [2.05, 4.69) is 52.3 Å². The quantitative estimate of drug-likeness (QED) is 0.436. The SMILES string of the molecule is Nc1nc(N2CCN3C[C@@H](CNCc4ccncc4)CC[C@H]3C2)nc2nc(-c3ccco3)nn12. The van der Waals surface area contributed by atoms with Crippen molar-refractivity contribution in [1.82, 2.24) is 39.8 Å². The highest BCUT2D eigenvalue weighted by molar-refractivity contribution is 5.53. The number of furan rings is 1. The summed E-state index contributed by atoms with van der Waals surface area (Å²) < 4.78 is 6.86. The summed E-state index contributed by atoms with van der Waals surface area (Å²) in [6, 6.07) is 8.23. The van der Waals surface area contributed by atoms with Crippen LogP contribution in [-0.2, 0) is 6.54 Å². The van der Waals surface area contributed by atoms with Crippen LogP contribution in [0.1, 0.15) is 18.4 Å². The predicted molar refractivity (Wildman–Crippen MR) is 127 cm³/mol. The maximum absolute atomic E-state index is 6.20. The van der Waals surface area contributed by atoms with E-state index >= 15 is 0 Å². The second-order valence-corrected chi connectivity index (χ2v) is 9.03. The molecule has 2 saturated heterocycles. The van der Waals surface area contributed by atoms with Crippen LogP contribution < -0.4 is 16.0 Å². The van der Waals surface area contributed by atoms with Crippen molar-refractivity contribution in [3.8, 4) is 11.6 Å². The van der Waals surface area contributed by atoms with Crippen LogP contribution in [0.4, 0.5) is 11.9 Å². The molecule has 2 atom stereocenters. The van der Waals surface area contributed by atoms with Gasteiger partial charge < -0.3 is 20.4 Å². The van der Waals surface area contributed by atoms with Gasteiger partial charge >= 0.3 is 0 Å². The highest BCUT2D eigenvalue weighted by atomic mass is 16.3. The zero-order valence-electron chi connectivity index (χ0n) is 18.9. The Kier molecular flexibility index (Phi) is 5.55. The van der Waals surface area contributed by atoms with Gasteiger partial charge in [-0.1, -0.05) is 0 Å². The van der Waals surface area contributed by atoms with Crippen LogP contribution in [0.3, 0.4) is 0 Å². The van der Waals surface area contributed by atoms with Gasteiger partial charge in [-0.05, 0) is 55.1 Å². The van der Waals surface area contributed by atoms with Crippen LogP contribution >= 0.6 is 0 Å². The molecule has 0 unspecified atom stereocenters. The van der Waals surface area contributed by atoms with Gasteiger partial charge in [-0.2, -0.15) is 19.5 Å². The molecule has 0 bridgehead atoms. The number of hydrogen-bond acceptors (Lipinski definition) is 10. The van der Waals surface area contributed by atoms with Crippen molar-refractivity contribution >= 4 is 17.7 Å². The van der Waals surface area contributed by atoms with Gasteiger partial charge in [0.2, 0.25) is 17.7 Å². The van der Waals surface area contributed by atoms with Crippen molar-refractivity contribution in [2.45, 2.75) is 25.4 Å². The van der Waals surface area contributed by atoms with Crippen LogP contribution in [0.5, 0.6) is 0 Å². The number of fused-ring (bicyclic) bond motifs is 2. The van der Waals surface area contributed by atoms with Crippen molar-refractivity contribution < 1.29 is 4.42 Å². The molecule has 0 aliphatic carbocycles. The average Bonchev–Trinajstić information content (AvgIpc) is 3.55. The van der Waals surface area contributed by atoms with Crippen molar-refractivity contribution in [1.29, 1.82) is 0 Å². The summed E-state index contributed by atoms with van der Waals surface area (Å²) in [5.74, 6) is 3.01. The van der Waals surface area contributed by atoms with Gasteiger partial charge in [0.25, 0.3) is 5.78 Å². The average molecular weight is 461 g/mol. The van der Waals surface area contributed by atoms with Gasteiger partial charge in [-0.15, -0.1) is 5.10 Å². The molecule has 0 aromatic carbocycles. The predicted octanol–water partition coefficient (Wildman–Crippen LogP) is 1.45. The molecule has 0 amide bonds. The van der Waals surface area contributed by atoms with Crippen molar-refractivity contribution in [3.05, 3.63) is 48.5 Å². The first-order valence-corrected chi connectivity index (χ1v) is 11.8. The standard InChI is InChI=1S/C23H28N10O/c24-21-28-22(29-23-27-20(30-33(21)23)19-2-1-11-34-19)32-10-9-31-14-17(3-4-18(31)15-32)13-26-12-16-5-7-25-8-6-16/h1-2,5-8,11,17-18,26H,3-4,9-10,12-15H2,(H2,24,27,28,29,30)/t17-,18+/m1/s1. The summed E-state index contributed by atoms with van der Waals surface area (Å²) in [6.07, 6.45) is 7.67. The lowest BCUT2D eigenvalue weighted by Crippen LogP contribution is -2.57. The second kappa shape index (κ2) is 8.99. The normalized spacial score (nSPS) is 21.1. The summed E-state index contributed by atoms with van der Waals surface area (Å²) in [5, 5.41) is 8.00. The number of nitrogens with one attached hydrogen (secondary N) is 1. The Morgan fingerprint density at radius 3 is 2.82 bits per heavy atom. The first-order valence-electron chi connectivity index (χ1n) is 11.8. The lowest BCUT2D eigenvalue weighted by Gasteiger charge is -2.46. The van der Waals surface area contributed by atoms with Crippen LogP contribution in [0.2, 0.25) is 0 Å². The minimum atomic E-state index is 0.275. The molecule has 4 aromatic heterocycles.